The summed E-state index contributed by atoms with van der Waals surface area (Å²) in [4.78, 5) is 43.7. The summed E-state index contributed by atoms with van der Waals surface area (Å²) in [7, 11) is 0. The summed E-state index contributed by atoms with van der Waals surface area (Å²) in [6.07, 6.45) is 3.62. The van der Waals surface area contributed by atoms with E-state index >= 15 is 0 Å². The number of fused-ring (bicyclic) bond motifs is 1. The maximum atomic E-state index is 14.2. The monoisotopic (exact) mass is 553 g/mol. The first-order valence-corrected chi connectivity index (χ1v) is 14.2. The minimum atomic E-state index is -1.11. The van der Waals surface area contributed by atoms with Crippen LogP contribution in [0.3, 0.4) is 0 Å². The summed E-state index contributed by atoms with van der Waals surface area (Å²) >= 11 is 6.44. The lowest BCUT2D eigenvalue weighted by Gasteiger charge is -2.34. The summed E-state index contributed by atoms with van der Waals surface area (Å²) in [6, 6.07) is 13.7. The number of halogens is 1. The second-order valence-electron chi connectivity index (χ2n) is 10.9. The van der Waals surface area contributed by atoms with Crippen molar-refractivity contribution < 1.29 is 24.2 Å². The van der Waals surface area contributed by atoms with Crippen molar-refractivity contribution in [3.8, 4) is 0 Å². The van der Waals surface area contributed by atoms with Crippen molar-refractivity contribution in [3.05, 3.63) is 59.1 Å². The third-order valence-corrected chi connectivity index (χ3v) is 9.10. The van der Waals surface area contributed by atoms with Crippen LogP contribution in [0.25, 0.3) is 0 Å². The fraction of sp³-hybridized carbons (Fsp3) is 0.500. The molecule has 3 aliphatic rings. The molecule has 3 aliphatic heterocycles. The molecule has 3 N–H and O–H groups in total. The maximum Gasteiger partial charge on any atom is 0.250 e. The minimum Gasteiger partial charge on any atom is -0.396 e. The van der Waals surface area contributed by atoms with Gasteiger partial charge in [0, 0.05) is 18.8 Å². The third kappa shape index (κ3) is 4.62. The Balaban J connectivity index is 1.51. The molecule has 2 aromatic rings. The van der Waals surface area contributed by atoms with Gasteiger partial charge in [-0.15, -0.1) is 0 Å². The van der Waals surface area contributed by atoms with Crippen LogP contribution in [-0.2, 0) is 19.1 Å². The average molecular weight is 554 g/mol. The van der Waals surface area contributed by atoms with Crippen LogP contribution in [0, 0.1) is 18.8 Å². The van der Waals surface area contributed by atoms with Gasteiger partial charge in [0.15, 0.2) is 0 Å². The second-order valence-corrected chi connectivity index (χ2v) is 11.3. The van der Waals surface area contributed by atoms with Gasteiger partial charge in [-0.1, -0.05) is 48.9 Å². The molecule has 2 unspecified atom stereocenters. The maximum absolute atomic E-state index is 14.2. The lowest BCUT2D eigenvalue weighted by atomic mass is 9.65. The zero-order chi connectivity index (χ0) is 27.8. The summed E-state index contributed by atoms with van der Waals surface area (Å²) in [5.41, 5.74) is 0.0434. The third-order valence-electron chi connectivity index (χ3n) is 8.78. The molecule has 3 heterocycles. The van der Waals surface area contributed by atoms with E-state index in [-0.39, 0.29) is 24.3 Å². The van der Waals surface area contributed by atoms with Crippen molar-refractivity contribution in [3.63, 3.8) is 0 Å². The Bertz CT molecular complexity index is 1240. The predicted molar refractivity (Wildman–Crippen MR) is 149 cm³/mol. The van der Waals surface area contributed by atoms with Crippen molar-refractivity contribution in [2.45, 2.75) is 69.6 Å². The van der Waals surface area contributed by atoms with Crippen LogP contribution in [0.5, 0.6) is 0 Å². The van der Waals surface area contributed by atoms with Gasteiger partial charge in [-0.3, -0.25) is 14.4 Å². The number of aliphatic hydroxyl groups is 1. The Kier molecular flexibility index (Phi) is 7.73. The van der Waals surface area contributed by atoms with Crippen LogP contribution in [0.4, 0.5) is 11.4 Å². The van der Waals surface area contributed by atoms with Crippen LogP contribution < -0.4 is 10.6 Å². The largest absolute Gasteiger partial charge is 0.396 e. The van der Waals surface area contributed by atoms with Crippen molar-refractivity contribution in [2.75, 3.05) is 23.8 Å². The van der Waals surface area contributed by atoms with Crippen LogP contribution >= 0.6 is 11.6 Å². The van der Waals surface area contributed by atoms with Gasteiger partial charge in [0.2, 0.25) is 17.7 Å². The Labute approximate surface area is 234 Å². The number of hydrogen-bond acceptors (Lipinski definition) is 5. The highest BCUT2D eigenvalue weighted by molar-refractivity contribution is 6.34. The van der Waals surface area contributed by atoms with Crippen LogP contribution in [0.1, 0.15) is 51.0 Å². The molecular formula is C30H36ClN3O5. The van der Waals surface area contributed by atoms with Crippen molar-refractivity contribution >= 4 is 40.7 Å². The number of rotatable bonds is 10. The van der Waals surface area contributed by atoms with Crippen molar-refractivity contribution in [1.82, 2.24) is 4.90 Å². The summed E-state index contributed by atoms with van der Waals surface area (Å²) in [5, 5.41) is 15.6. The number of carbonyl (C=O) groups is 3. The molecule has 3 saturated heterocycles. The van der Waals surface area contributed by atoms with Crippen LogP contribution in [0.2, 0.25) is 5.02 Å². The zero-order valence-corrected chi connectivity index (χ0v) is 23.2. The first-order valence-electron chi connectivity index (χ1n) is 13.8. The molecule has 0 radical (unpaired) electrons. The molecule has 0 saturated carbocycles. The van der Waals surface area contributed by atoms with Gasteiger partial charge in [0.05, 0.1) is 28.1 Å². The highest BCUT2D eigenvalue weighted by atomic mass is 35.5. The average Bonchev–Trinajstić information content (AvgIpc) is 3.53. The molecular weight excluding hydrogens is 518 g/mol. The second kappa shape index (κ2) is 10.9. The molecule has 3 fully saturated rings. The van der Waals surface area contributed by atoms with E-state index in [0.717, 1.165) is 5.56 Å². The van der Waals surface area contributed by atoms with E-state index in [1.807, 2.05) is 56.3 Å². The molecule has 3 amide bonds. The number of anilines is 2. The number of benzene rings is 2. The quantitative estimate of drug-likeness (QED) is 0.374. The number of aliphatic hydroxyl groups excluding tert-OH is 1. The highest BCUT2D eigenvalue weighted by Gasteiger charge is 2.78. The molecule has 1 spiro atoms. The molecule has 2 bridgehead atoms. The Hall–Kier alpha value is -2.94. The van der Waals surface area contributed by atoms with E-state index < -0.39 is 29.1 Å². The Morgan fingerprint density at radius 1 is 1.05 bits per heavy atom. The van der Waals surface area contributed by atoms with E-state index in [2.05, 4.69) is 10.6 Å². The van der Waals surface area contributed by atoms with Gasteiger partial charge in [0.1, 0.15) is 11.6 Å². The lowest BCUT2D eigenvalue weighted by molar-refractivity contribution is -0.144. The number of nitrogens with zero attached hydrogens (tertiary/aromatic N) is 1. The molecule has 5 atom stereocenters. The molecule has 8 nitrogen and oxygen atoms in total. The molecule has 9 heteroatoms. The summed E-state index contributed by atoms with van der Waals surface area (Å²) in [6.45, 7) is 4.25. The standard InChI is InChI=1S/C30H36ClN3O5/c1-3-29-15-16-30(39-29)23(22(29)26(36)32-20-12-6-4-7-13-20)28(38)34(17-8-5-9-18-35)25(30)27(37)33-24-19(2)11-10-14-21(24)31/h4,6-7,10-14,22-23,25,35H,3,5,8-9,15-18H2,1-2H3,(H,32,36)(H,33,37)/t22-,23-,25?,29+,30?/m0/s1. The van der Waals surface area contributed by atoms with E-state index in [9.17, 15) is 19.5 Å². The number of likely N-dealkylation sites (tertiary alicyclic amines) is 1. The van der Waals surface area contributed by atoms with Crippen LogP contribution in [-0.4, -0.2) is 58.1 Å². The first-order chi connectivity index (χ1) is 18.8. The van der Waals surface area contributed by atoms with Gasteiger partial charge in [-0.2, -0.15) is 0 Å². The number of unbranched alkanes of at least 4 members (excludes halogenated alkanes) is 2. The normalized spacial score (nSPS) is 29.0. The molecule has 0 aliphatic carbocycles. The Morgan fingerprint density at radius 2 is 1.82 bits per heavy atom. The highest BCUT2D eigenvalue weighted by Crippen LogP contribution is 2.64. The van der Waals surface area contributed by atoms with Crippen LogP contribution in [0.15, 0.2) is 48.5 Å². The number of carbonyl (C=O) groups excluding carboxylic acids is 3. The van der Waals surface area contributed by atoms with E-state index in [1.165, 1.54) is 0 Å². The van der Waals surface area contributed by atoms with Gasteiger partial charge < -0.3 is 25.4 Å². The number of aryl methyl sites for hydroxylation is 1. The fourth-order valence-corrected chi connectivity index (χ4v) is 7.22. The number of hydrogen-bond donors (Lipinski definition) is 3. The van der Waals surface area contributed by atoms with Crippen molar-refractivity contribution in [1.29, 1.82) is 0 Å². The van der Waals surface area contributed by atoms with E-state index in [0.29, 0.717) is 61.5 Å². The topological polar surface area (TPSA) is 108 Å². The fourth-order valence-electron chi connectivity index (χ4n) is 6.95. The van der Waals surface area contributed by atoms with Crippen molar-refractivity contribution in [2.24, 2.45) is 11.8 Å². The molecule has 39 heavy (non-hydrogen) atoms. The van der Waals surface area contributed by atoms with Gasteiger partial charge >= 0.3 is 0 Å². The SMILES string of the molecule is CC[C@]12CCC3(O1)C(C(=O)Nc1c(C)cccc1Cl)N(CCCCCO)C(=O)[C@@H]3[C@H]2C(=O)Nc1ccccc1. The first kappa shape index (κ1) is 27.6. The predicted octanol–water partition coefficient (Wildman–Crippen LogP) is 4.54. The van der Waals surface area contributed by atoms with E-state index in [1.54, 1.807) is 11.0 Å². The number of para-hydroxylation sites is 2. The molecule has 2 aromatic carbocycles. The van der Waals surface area contributed by atoms with Gasteiger partial charge in [0.25, 0.3) is 0 Å². The lowest BCUT2D eigenvalue weighted by Crippen LogP contribution is -2.53. The minimum absolute atomic E-state index is 0.0695. The molecule has 5 rings (SSSR count). The summed E-state index contributed by atoms with van der Waals surface area (Å²) < 4.78 is 6.80. The molecule has 0 aromatic heterocycles. The van der Waals surface area contributed by atoms with Gasteiger partial charge in [-0.05, 0) is 69.2 Å². The number of nitrogens with one attached hydrogen (secondary N) is 2. The zero-order valence-electron chi connectivity index (χ0n) is 22.4. The number of ether oxygens (including phenoxy) is 1. The molecule has 208 valence electrons. The summed E-state index contributed by atoms with van der Waals surface area (Å²) in [5.74, 6) is -2.33. The smallest absolute Gasteiger partial charge is 0.250 e. The number of amides is 3. The Morgan fingerprint density at radius 3 is 2.51 bits per heavy atom. The van der Waals surface area contributed by atoms with E-state index in [4.69, 9.17) is 16.3 Å². The van der Waals surface area contributed by atoms with Gasteiger partial charge in [-0.25, -0.2) is 0 Å².